The molecule has 0 saturated carbocycles. The van der Waals surface area contributed by atoms with Crippen molar-refractivity contribution in [1.29, 1.82) is 0 Å². The van der Waals surface area contributed by atoms with Crippen LogP contribution in [-0.4, -0.2) is 44.9 Å². The molecule has 0 unspecified atom stereocenters. The molecule has 8 nitrogen and oxygen atoms in total. The summed E-state index contributed by atoms with van der Waals surface area (Å²) < 4.78 is 10.1. The monoisotopic (exact) mass is 338 g/mol. The van der Waals surface area contributed by atoms with E-state index in [1.165, 1.54) is 20.3 Å². The Morgan fingerprint density at radius 2 is 1.25 bits per heavy atom. The first kappa shape index (κ1) is 17.5. The lowest BCUT2D eigenvalue weighted by molar-refractivity contribution is 0.165. The number of benzene rings is 2. The molecule has 6 N–H and O–H groups in total. The van der Waals surface area contributed by atoms with Crippen LogP contribution in [-0.2, 0) is 22.7 Å². The number of aromatic hydroxyl groups is 6. The van der Waals surface area contributed by atoms with Crippen molar-refractivity contribution in [1.82, 2.24) is 0 Å². The number of methoxy groups -OCH3 is 2. The summed E-state index contributed by atoms with van der Waals surface area (Å²) in [5.74, 6) is -4.12. The summed E-state index contributed by atoms with van der Waals surface area (Å²) in [6.07, 6.45) is 0. The molecule has 0 aliphatic carbocycles. The number of hydrogen-bond acceptors (Lipinski definition) is 8. The minimum atomic E-state index is -0.802. The van der Waals surface area contributed by atoms with Crippen LogP contribution in [0.15, 0.2) is 12.1 Å². The molecule has 130 valence electrons. The molecule has 0 bridgehead atoms. The predicted molar refractivity (Wildman–Crippen MR) is 83.3 cm³/mol. The first-order chi connectivity index (χ1) is 11.3. The SMILES string of the molecule is COCc1c(O)c(O)c(O)c(-c2ccc(O)c(O)c2O)c1COC. The summed E-state index contributed by atoms with van der Waals surface area (Å²) in [4.78, 5) is 0. The van der Waals surface area contributed by atoms with Gasteiger partial charge in [0, 0.05) is 30.9 Å². The first-order valence-corrected chi connectivity index (χ1v) is 6.85. The molecule has 0 aliphatic rings. The van der Waals surface area contributed by atoms with Gasteiger partial charge in [0.15, 0.2) is 23.0 Å². The molecule has 24 heavy (non-hydrogen) atoms. The maximum absolute atomic E-state index is 10.3. The second-order valence-corrected chi connectivity index (χ2v) is 5.07. The Kier molecular flexibility index (Phi) is 4.91. The molecular weight excluding hydrogens is 320 g/mol. The first-order valence-electron chi connectivity index (χ1n) is 6.85. The van der Waals surface area contributed by atoms with Crippen LogP contribution in [0.1, 0.15) is 11.1 Å². The van der Waals surface area contributed by atoms with E-state index in [9.17, 15) is 30.6 Å². The standard InChI is InChI=1S/C16H18O8/c1-23-5-8-9(6-24-2)13(19)16(22)15(21)11(8)7-3-4-10(17)14(20)12(7)18/h3-4,17-22H,5-6H2,1-2H3. The number of phenolic OH excluding ortho intramolecular Hbond substituents is 6. The smallest absolute Gasteiger partial charge is 0.201 e. The summed E-state index contributed by atoms with van der Waals surface area (Å²) >= 11 is 0. The zero-order valence-electron chi connectivity index (χ0n) is 13.1. The fraction of sp³-hybridized carbons (Fsp3) is 0.250. The normalized spacial score (nSPS) is 10.9. The van der Waals surface area contributed by atoms with E-state index in [0.717, 1.165) is 6.07 Å². The van der Waals surface area contributed by atoms with Crippen molar-refractivity contribution in [3.8, 4) is 45.6 Å². The van der Waals surface area contributed by atoms with Gasteiger partial charge in [0.1, 0.15) is 0 Å². The minimum Gasteiger partial charge on any atom is -0.504 e. The van der Waals surface area contributed by atoms with Crippen LogP contribution < -0.4 is 0 Å². The fourth-order valence-corrected chi connectivity index (χ4v) is 2.47. The molecule has 0 aliphatic heterocycles. The van der Waals surface area contributed by atoms with Crippen LogP contribution in [0, 0.1) is 0 Å². The van der Waals surface area contributed by atoms with Crippen molar-refractivity contribution in [2.24, 2.45) is 0 Å². The van der Waals surface area contributed by atoms with Crippen LogP contribution in [0.2, 0.25) is 0 Å². The van der Waals surface area contributed by atoms with E-state index in [-0.39, 0.29) is 35.5 Å². The van der Waals surface area contributed by atoms with Gasteiger partial charge in [-0.05, 0) is 17.7 Å². The highest BCUT2D eigenvalue weighted by Crippen LogP contribution is 2.52. The molecule has 0 heterocycles. The maximum Gasteiger partial charge on any atom is 0.201 e. The summed E-state index contributed by atoms with van der Waals surface area (Å²) in [5.41, 5.74) is 0.263. The average Bonchev–Trinajstić information content (AvgIpc) is 2.56. The van der Waals surface area contributed by atoms with E-state index >= 15 is 0 Å². The number of ether oxygens (including phenoxy) is 2. The van der Waals surface area contributed by atoms with Gasteiger partial charge in [-0.15, -0.1) is 0 Å². The molecule has 0 fully saturated rings. The van der Waals surface area contributed by atoms with Crippen molar-refractivity contribution in [2.45, 2.75) is 13.2 Å². The molecular formula is C16H18O8. The van der Waals surface area contributed by atoms with E-state index in [1.54, 1.807) is 0 Å². The molecule has 0 radical (unpaired) electrons. The van der Waals surface area contributed by atoms with Crippen molar-refractivity contribution >= 4 is 0 Å². The average molecular weight is 338 g/mol. The van der Waals surface area contributed by atoms with Crippen LogP contribution in [0.4, 0.5) is 0 Å². The number of rotatable bonds is 5. The summed E-state index contributed by atoms with van der Waals surface area (Å²) in [6, 6.07) is 2.35. The Labute approximate surface area is 137 Å². The van der Waals surface area contributed by atoms with Crippen molar-refractivity contribution in [2.75, 3.05) is 14.2 Å². The maximum atomic E-state index is 10.3. The second-order valence-electron chi connectivity index (χ2n) is 5.07. The zero-order chi connectivity index (χ0) is 18.0. The van der Waals surface area contributed by atoms with Gasteiger partial charge in [-0.1, -0.05) is 0 Å². The van der Waals surface area contributed by atoms with Gasteiger partial charge in [-0.2, -0.15) is 0 Å². The third-order valence-electron chi connectivity index (χ3n) is 3.61. The molecule has 2 aromatic rings. The van der Waals surface area contributed by atoms with Gasteiger partial charge in [-0.3, -0.25) is 0 Å². The van der Waals surface area contributed by atoms with Gasteiger partial charge >= 0.3 is 0 Å². The molecule has 0 atom stereocenters. The third kappa shape index (κ3) is 2.72. The predicted octanol–water partition coefficient (Wildman–Crippen LogP) is 1.88. The molecule has 2 aromatic carbocycles. The molecule has 2 rings (SSSR count). The van der Waals surface area contributed by atoms with Crippen LogP contribution in [0.5, 0.6) is 34.5 Å². The van der Waals surface area contributed by atoms with E-state index in [2.05, 4.69) is 0 Å². The molecule has 0 aromatic heterocycles. The summed E-state index contributed by atoms with van der Waals surface area (Å²) in [5, 5.41) is 59.5. The van der Waals surface area contributed by atoms with Gasteiger partial charge in [0.05, 0.1) is 13.2 Å². The Bertz CT molecular complexity index is 770. The molecule has 0 amide bonds. The topological polar surface area (TPSA) is 140 Å². The van der Waals surface area contributed by atoms with Gasteiger partial charge in [-0.25, -0.2) is 0 Å². The van der Waals surface area contributed by atoms with E-state index in [4.69, 9.17) is 9.47 Å². The van der Waals surface area contributed by atoms with Gasteiger partial charge in [0.25, 0.3) is 0 Å². The number of hydrogen-bond donors (Lipinski definition) is 6. The van der Waals surface area contributed by atoms with Crippen molar-refractivity contribution < 1.29 is 40.1 Å². The Morgan fingerprint density at radius 3 is 1.83 bits per heavy atom. The zero-order valence-corrected chi connectivity index (χ0v) is 13.1. The highest BCUT2D eigenvalue weighted by Gasteiger charge is 2.27. The minimum absolute atomic E-state index is 0.0630. The van der Waals surface area contributed by atoms with Crippen LogP contribution in [0.3, 0.4) is 0 Å². The van der Waals surface area contributed by atoms with Crippen LogP contribution in [0.25, 0.3) is 11.1 Å². The van der Waals surface area contributed by atoms with Gasteiger partial charge in [0.2, 0.25) is 11.5 Å². The van der Waals surface area contributed by atoms with E-state index < -0.39 is 34.5 Å². The quantitative estimate of drug-likeness (QED) is 0.454. The highest BCUT2D eigenvalue weighted by atomic mass is 16.5. The van der Waals surface area contributed by atoms with Crippen molar-refractivity contribution in [3.63, 3.8) is 0 Å². The molecule has 8 heteroatoms. The Balaban J connectivity index is 2.89. The summed E-state index contributed by atoms with van der Waals surface area (Å²) in [6.45, 7) is -0.188. The van der Waals surface area contributed by atoms with E-state index in [0.29, 0.717) is 0 Å². The van der Waals surface area contributed by atoms with Crippen LogP contribution >= 0.6 is 0 Å². The van der Waals surface area contributed by atoms with Gasteiger partial charge < -0.3 is 40.1 Å². The molecule has 0 saturated heterocycles. The van der Waals surface area contributed by atoms with Crippen molar-refractivity contribution in [3.05, 3.63) is 23.3 Å². The lowest BCUT2D eigenvalue weighted by Gasteiger charge is -2.20. The third-order valence-corrected chi connectivity index (χ3v) is 3.61. The lowest BCUT2D eigenvalue weighted by Crippen LogP contribution is -2.02. The Hall–Kier alpha value is -2.84. The number of phenols is 6. The lowest BCUT2D eigenvalue weighted by atomic mass is 9.92. The molecule has 0 spiro atoms. The largest absolute Gasteiger partial charge is 0.504 e. The second kappa shape index (κ2) is 6.73. The van der Waals surface area contributed by atoms with E-state index in [1.807, 2.05) is 0 Å². The Morgan fingerprint density at radius 1 is 0.667 bits per heavy atom. The summed E-state index contributed by atoms with van der Waals surface area (Å²) in [7, 11) is 2.76. The fourth-order valence-electron chi connectivity index (χ4n) is 2.47. The highest BCUT2D eigenvalue weighted by molar-refractivity contribution is 5.86.